The summed E-state index contributed by atoms with van der Waals surface area (Å²) in [6.07, 6.45) is 6.04. The molecular weight excluding hydrogens is 258 g/mol. The highest BCUT2D eigenvalue weighted by molar-refractivity contribution is 5.53. The van der Waals surface area contributed by atoms with Crippen LogP contribution in [0.3, 0.4) is 0 Å². The van der Waals surface area contributed by atoms with Crippen molar-refractivity contribution >= 4 is 5.69 Å². The molecule has 1 unspecified atom stereocenters. The number of rotatable bonds is 5. The zero-order valence-corrected chi connectivity index (χ0v) is 14.2. The van der Waals surface area contributed by atoms with Gasteiger partial charge in [-0.25, -0.2) is 0 Å². The van der Waals surface area contributed by atoms with Gasteiger partial charge in [-0.3, -0.25) is 4.98 Å². The maximum absolute atomic E-state index is 4.50. The van der Waals surface area contributed by atoms with E-state index in [1.165, 1.54) is 43.6 Å². The number of hydrogen-bond donors (Lipinski definition) is 1. The van der Waals surface area contributed by atoms with Crippen LogP contribution in [0.5, 0.6) is 0 Å². The van der Waals surface area contributed by atoms with Gasteiger partial charge in [0, 0.05) is 42.8 Å². The molecule has 0 bridgehead atoms. The average molecular weight is 289 g/mol. The normalized spacial score (nSPS) is 19.9. The third-order valence-electron chi connectivity index (χ3n) is 4.32. The molecule has 2 heterocycles. The summed E-state index contributed by atoms with van der Waals surface area (Å²) in [5.74, 6) is 1.55. The van der Waals surface area contributed by atoms with Gasteiger partial charge in [-0.15, -0.1) is 0 Å². The summed E-state index contributed by atoms with van der Waals surface area (Å²) in [6.45, 7) is 13.3. The molecule has 1 aromatic rings. The molecule has 1 atom stereocenters. The molecule has 3 nitrogen and oxygen atoms in total. The molecule has 1 aliphatic rings. The van der Waals surface area contributed by atoms with Crippen molar-refractivity contribution in [1.82, 2.24) is 10.3 Å². The Balaban J connectivity index is 2.10. The smallest absolute Gasteiger partial charge is 0.0445 e. The topological polar surface area (TPSA) is 28.2 Å². The lowest BCUT2D eigenvalue weighted by Gasteiger charge is -2.26. The van der Waals surface area contributed by atoms with Crippen molar-refractivity contribution in [1.29, 1.82) is 0 Å². The van der Waals surface area contributed by atoms with Gasteiger partial charge in [0.05, 0.1) is 0 Å². The van der Waals surface area contributed by atoms with Crippen molar-refractivity contribution < 1.29 is 0 Å². The number of anilines is 1. The van der Waals surface area contributed by atoms with Gasteiger partial charge < -0.3 is 10.2 Å². The molecule has 3 heteroatoms. The molecule has 1 saturated heterocycles. The molecule has 1 aliphatic heterocycles. The first-order valence-electron chi connectivity index (χ1n) is 8.47. The molecule has 0 radical (unpaired) electrons. The van der Waals surface area contributed by atoms with Gasteiger partial charge in [-0.1, -0.05) is 20.8 Å². The number of nitrogens with one attached hydrogen (secondary N) is 1. The molecule has 21 heavy (non-hydrogen) atoms. The van der Waals surface area contributed by atoms with E-state index in [2.05, 4.69) is 55.2 Å². The van der Waals surface area contributed by atoms with Crippen LogP contribution in [0.2, 0.25) is 0 Å². The second kappa shape index (κ2) is 7.79. The fraction of sp³-hybridized carbons (Fsp3) is 0.722. The van der Waals surface area contributed by atoms with Crippen molar-refractivity contribution in [3.63, 3.8) is 0 Å². The zero-order chi connectivity index (χ0) is 15.2. The fourth-order valence-corrected chi connectivity index (χ4v) is 3.00. The zero-order valence-electron chi connectivity index (χ0n) is 14.2. The predicted octanol–water partition coefficient (Wildman–Crippen LogP) is 3.76. The highest BCUT2D eigenvalue weighted by Gasteiger charge is 2.17. The Kier molecular flexibility index (Phi) is 6.04. The summed E-state index contributed by atoms with van der Waals surface area (Å²) in [5.41, 5.74) is 3.86. The first-order chi connectivity index (χ1) is 10.1. The largest absolute Gasteiger partial charge is 0.371 e. The minimum absolute atomic E-state index is 0.686. The van der Waals surface area contributed by atoms with E-state index < -0.39 is 0 Å². The van der Waals surface area contributed by atoms with Gasteiger partial charge in [0.1, 0.15) is 0 Å². The van der Waals surface area contributed by atoms with E-state index >= 15 is 0 Å². The van der Waals surface area contributed by atoms with Crippen LogP contribution in [0, 0.1) is 18.8 Å². The Bertz CT molecular complexity index is 442. The minimum Gasteiger partial charge on any atom is -0.371 e. The highest BCUT2D eigenvalue weighted by atomic mass is 15.1. The number of nitrogens with zero attached hydrogens (tertiary/aromatic N) is 2. The average Bonchev–Trinajstić information content (AvgIpc) is 2.65. The van der Waals surface area contributed by atoms with Gasteiger partial charge in [0.15, 0.2) is 0 Å². The molecule has 0 amide bonds. The summed E-state index contributed by atoms with van der Waals surface area (Å²) < 4.78 is 0. The van der Waals surface area contributed by atoms with E-state index in [0.717, 1.165) is 24.7 Å². The Labute approximate surface area is 130 Å². The van der Waals surface area contributed by atoms with E-state index in [0.29, 0.717) is 5.92 Å². The Morgan fingerprint density at radius 3 is 2.90 bits per heavy atom. The molecule has 0 saturated carbocycles. The van der Waals surface area contributed by atoms with Crippen molar-refractivity contribution in [3.05, 3.63) is 23.5 Å². The summed E-state index contributed by atoms with van der Waals surface area (Å²) in [7, 11) is 0. The Morgan fingerprint density at radius 2 is 2.14 bits per heavy atom. The minimum atomic E-state index is 0.686. The molecule has 1 fully saturated rings. The summed E-state index contributed by atoms with van der Waals surface area (Å²) >= 11 is 0. The lowest BCUT2D eigenvalue weighted by atomic mass is 10.0. The number of pyridine rings is 1. The van der Waals surface area contributed by atoms with Gasteiger partial charge in [-0.2, -0.15) is 0 Å². The molecule has 0 spiro atoms. The van der Waals surface area contributed by atoms with Crippen LogP contribution in [0.4, 0.5) is 5.69 Å². The first-order valence-corrected chi connectivity index (χ1v) is 8.47. The van der Waals surface area contributed by atoms with E-state index in [1.807, 2.05) is 0 Å². The standard InChI is InChI=1S/C18H31N3/c1-14(2)11-19-12-17-13-20-16(4)10-18(17)21-8-5-6-15(3)7-9-21/h10,13-15,19H,5-9,11-12H2,1-4H3. The van der Waals surface area contributed by atoms with Crippen molar-refractivity contribution in [2.75, 3.05) is 24.5 Å². The number of hydrogen-bond acceptors (Lipinski definition) is 3. The third kappa shape index (κ3) is 4.99. The van der Waals surface area contributed by atoms with Gasteiger partial charge >= 0.3 is 0 Å². The van der Waals surface area contributed by atoms with E-state index in [4.69, 9.17) is 0 Å². The number of aromatic nitrogens is 1. The van der Waals surface area contributed by atoms with Crippen LogP contribution >= 0.6 is 0 Å². The quantitative estimate of drug-likeness (QED) is 0.894. The monoisotopic (exact) mass is 289 g/mol. The van der Waals surface area contributed by atoms with E-state index in [-0.39, 0.29) is 0 Å². The predicted molar refractivity (Wildman–Crippen MR) is 90.7 cm³/mol. The second-order valence-corrected chi connectivity index (χ2v) is 7.00. The van der Waals surface area contributed by atoms with Crippen LogP contribution in [0.1, 0.15) is 51.3 Å². The molecule has 0 aliphatic carbocycles. The Hall–Kier alpha value is -1.09. The van der Waals surface area contributed by atoms with E-state index in [9.17, 15) is 0 Å². The maximum atomic E-state index is 4.50. The number of aryl methyl sites for hydroxylation is 1. The molecular formula is C18H31N3. The lowest BCUT2D eigenvalue weighted by molar-refractivity contribution is 0.521. The fourth-order valence-electron chi connectivity index (χ4n) is 3.00. The third-order valence-corrected chi connectivity index (χ3v) is 4.32. The van der Waals surface area contributed by atoms with Crippen LogP contribution < -0.4 is 10.2 Å². The van der Waals surface area contributed by atoms with Crippen molar-refractivity contribution in [3.8, 4) is 0 Å². The molecule has 2 rings (SSSR count). The van der Waals surface area contributed by atoms with Gasteiger partial charge in [-0.05, 0) is 50.6 Å². The second-order valence-electron chi connectivity index (χ2n) is 7.00. The SMILES string of the molecule is Cc1cc(N2CCCC(C)CC2)c(CNCC(C)C)cn1. The Morgan fingerprint density at radius 1 is 1.33 bits per heavy atom. The van der Waals surface area contributed by atoms with Crippen LogP contribution in [0.25, 0.3) is 0 Å². The summed E-state index contributed by atoms with van der Waals surface area (Å²) in [6, 6.07) is 2.27. The van der Waals surface area contributed by atoms with E-state index in [1.54, 1.807) is 0 Å². The van der Waals surface area contributed by atoms with Crippen LogP contribution in [0.15, 0.2) is 12.3 Å². The highest BCUT2D eigenvalue weighted by Crippen LogP contribution is 2.26. The van der Waals surface area contributed by atoms with Gasteiger partial charge in [0.2, 0.25) is 0 Å². The van der Waals surface area contributed by atoms with Crippen molar-refractivity contribution in [2.45, 2.75) is 53.5 Å². The lowest BCUT2D eigenvalue weighted by Crippen LogP contribution is -2.27. The summed E-state index contributed by atoms with van der Waals surface area (Å²) in [5, 5.41) is 3.56. The maximum Gasteiger partial charge on any atom is 0.0445 e. The summed E-state index contributed by atoms with van der Waals surface area (Å²) in [4.78, 5) is 7.08. The van der Waals surface area contributed by atoms with Crippen LogP contribution in [-0.4, -0.2) is 24.6 Å². The molecule has 0 aromatic carbocycles. The van der Waals surface area contributed by atoms with Gasteiger partial charge in [0.25, 0.3) is 0 Å². The molecule has 118 valence electrons. The van der Waals surface area contributed by atoms with Crippen LogP contribution in [-0.2, 0) is 6.54 Å². The molecule has 1 aromatic heterocycles. The first kappa shape index (κ1) is 16.3. The molecule has 1 N–H and O–H groups in total. The van der Waals surface area contributed by atoms with Crippen molar-refractivity contribution in [2.24, 2.45) is 11.8 Å².